The zero-order chi connectivity index (χ0) is 24.4. The van der Waals surface area contributed by atoms with Crippen molar-refractivity contribution in [1.29, 1.82) is 0 Å². The highest BCUT2D eigenvalue weighted by atomic mass is 32.1. The first-order valence-corrected chi connectivity index (χ1v) is 12.7. The van der Waals surface area contributed by atoms with Gasteiger partial charge in [0.25, 0.3) is 11.8 Å². The Labute approximate surface area is 207 Å². The van der Waals surface area contributed by atoms with E-state index in [1.165, 1.54) is 4.90 Å². The second-order valence-electron chi connectivity index (χ2n) is 8.84. The first kappa shape index (κ1) is 23.2. The summed E-state index contributed by atoms with van der Waals surface area (Å²) in [6, 6.07) is 10.6. The van der Waals surface area contributed by atoms with Gasteiger partial charge in [-0.3, -0.25) is 19.5 Å². The molecule has 2 aliphatic heterocycles. The molecule has 10 heteroatoms. The van der Waals surface area contributed by atoms with Crippen molar-refractivity contribution in [3.8, 4) is 0 Å². The maximum Gasteiger partial charge on any atom is 0.325 e. The van der Waals surface area contributed by atoms with Crippen molar-refractivity contribution in [2.45, 2.75) is 38.1 Å². The summed E-state index contributed by atoms with van der Waals surface area (Å²) >= 11 is 1.61. The van der Waals surface area contributed by atoms with Gasteiger partial charge in [0.05, 0.1) is 5.69 Å². The molecule has 0 aromatic carbocycles. The van der Waals surface area contributed by atoms with Crippen LogP contribution in [-0.4, -0.2) is 57.4 Å². The molecule has 35 heavy (non-hydrogen) atoms. The Hall–Kier alpha value is -3.53. The Bertz CT molecular complexity index is 1200. The topological polar surface area (TPSA) is 109 Å². The van der Waals surface area contributed by atoms with Crippen LogP contribution >= 0.6 is 11.3 Å². The second-order valence-corrected chi connectivity index (χ2v) is 9.87. The van der Waals surface area contributed by atoms with Gasteiger partial charge in [-0.25, -0.2) is 4.79 Å². The number of amides is 4. The van der Waals surface area contributed by atoms with E-state index in [0.29, 0.717) is 62.5 Å². The van der Waals surface area contributed by atoms with Gasteiger partial charge in [0.15, 0.2) is 11.2 Å². The fourth-order valence-electron chi connectivity index (χ4n) is 4.99. The molecule has 4 amide bonds. The molecule has 182 valence electrons. The van der Waals surface area contributed by atoms with Crippen LogP contribution in [0, 0.1) is 5.92 Å². The lowest BCUT2D eigenvalue weighted by Crippen LogP contribution is -2.54. The Morgan fingerprint density at radius 2 is 2.06 bits per heavy atom. The van der Waals surface area contributed by atoms with Gasteiger partial charge in [-0.15, -0.1) is 11.3 Å². The molecule has 5 rings (SSSR count). The molecule has 3 aromatic rings. The van der Waals surface area contributed by atoms with Crippen LogP contribution < -0.4 is 5.32 Å². The maximum absolute atomic E-state index is 13.9. The zero-order valence-electron chi connectivity index (χ0n) is 19.5. The zero-order valence-corrected chi connectivity index (χ0v) is 20.3. The number of rotatable bonds is 7. The first-order valence-electron chi connectivity index (χ1n) is 11.9. The molecule has 1 atom stereocenters. The third-order valence-electron chi connectivity index (χ3n) is 6.88. The number of likely N-dealkylation sites (tertiary alicyclic amines) is 1. The number of imide groups is 1. The van der Waals surface area contributed by atoms with Crippen LogP contribution in [0.5, 0.6) is 0 Å². The molecule has 2 aliphatic rings. The van der Waals surface area contributed by atoms with E-state index < -0.39 is 11.6 Å². The molecule has 3 aromatic heterocycles. The van der Waals surface area contributed by atoms with Gasteiger partial charge in [-0.05, 0) is 42.8 Å². The molecule has 2 fully saturated rings. The Kier molecular flexibility index (Phi) is 6.38. The molecule has 0 unspecified atom stereocenters. The average Bonchev–Trinajstić information content (AvgIpc) is 3.64. The number of carbonyl (C=O) groups excluding carboxylic acids is 3. The lowest BCUT2D eigenvalue weighted by Gasteiger charge is -2.40. The van der Waals surface area contributed by atoms with Crippen LogP contribution in [0.15, 0.2) is 52.5 Å². The molecular weight excluding hydrogens is 466 g/mol. The van der Waals surface area contributed by atoms with Gasteiger partial charge >= 0.3 is 6.03 Å². The van der Waals surface area contributed by atoms with Crippen LogP contribution in [-0.2, 0) is 23.2 Å². The van der Waals surface area contributed by atoms with Crippen molar-refractivity contribution >= 4 is 29.2 Å². The van der Waals surface area contributed by atoms with Gasteiger partial charge in [0.1, 0.15) is 5.76 Å². The first-order chi connectivity index (χ1) is 17.0. The summed E-state index contributed by atoms with van der Waals surface area (Å²) in [7, 11) is 0. The Morgan fingerprint density at radius 1 is 1.23 bits per heavy atom. The van der Waals surface area contributed by atoms with Crippen LogP contribution in [0.1, 0.15) is 46.6 Å². The SMILES string of the molecule is CCc1cc(C(=O)N2CCC([C@@]3(c4ccccn4)NC(=O)N(CCc4cccs4)C3=O)CC2)no1. The molecule has 0 spiro atoms. The molecule has 9 nitrogen and oxygen atoms in total. The monoisotopic (exact) mass is 493 g/mol. The summed E-state index contributed by atoms with van der Waals surface area (Å²) < 4.78 is 5.19. The minimum Gasteiger partial charge on any atom is -0.361 e. The Morgan fingerprint density at radius 3 is 2.71 bits per heavy atom. The van der Waals surface area contributed by atoms with E-state index in [1.807, 2.05) is 30.5 Å². The lowest BCUT2D eigenvalue weighted by molar-refractivity contribution is -0.134. The van der Waals surface area contributed by atoms with Crippen molar-refractivity contribution in [2.24, 2.45) is 5.92 Å². The van der Waals surface area contributed by atoms with E-state index in [9.17, 15) is 14.4 Å². The van der Waals surface area contributed by atoms with Crippen LogP contribution in [0.2, 0.25) is 0 Å². The smallest absolute Gasteiger partial charge is 0.325 e. The van der Waals surface area contributed by atoms with Crippen LogP contribution in [0.25, 0.3) is 0 Å². The molecule has 1 N–H and O–H groups in total. The number of piperidine rings is 1. The molecule has 0 aliphatic carbocycles. The van der Waals surface area contributed by atoms with Gasteiger partial charge in [-0.1, -0.05) is 24.2 Å². The van der Waals surface area contributed by atoms with Crippen molar-refractivity contribution in [1.82, 2.24) is 25.3 Å². The summed E-state index contributed by atoms with van der Waals surface area (Å²) in [4.78, 5) is 48.5. The molecule has 0 bridgehead atoms. The fraction of sp³-hybridized carbons (Fsp3) is 0.400. The number of nitrogens with one attached hydrogen (secondary N) is 1. The number of urea groups is 1. The van der Waals surface area contributed by atoms with E-state index in [-0.39, 0.29) is 17.7 Å². The summed E-state index contributed by atoms with van der Waals surface area (Å²) in [5.41, 5.74) is -0.415. The van der Waals surface area contributed by atoms with E-state index in [0.717, 1.165) is 4.88 Å². The number of aryl methyl sites for hydroxylation is 1. The quantitative estimate of drug-likeness (QED) is 0.506. The van der Waals surface area contributed by atoms with Gasteiger partial charge in [0, 0.05) is 49.1 Å². The van der Waals surface area contributed by atoms with Gasteiger partial charge in [0.2, 0.25) is 0 Å². The number of thiophene rings is 1. The van der Waals surface area contributed by atoms with Crippen LogP contribution in [0.4, 0.5) is 4.79 Å². The molecule has 2 saturated heterocycles. The molecular formula is C25H27N5O4S. The van der Waals surface area contributed by atoms with Gasteiger partial charge < -0.3 is 14.7 Å². The normalized spacial score (nSPS) is 20.9. The molecule has 0 radical (unpaired) electrons. The van der Waals surface area contributed by atoms with Gasteiger partial charge in [-0.2, -0.15) is 0 Å². The van der Waals surface area contributed by atoms with E-state index in [1.54, 1.807) is 40.6 Å². The number of aromatic nitrogens is 2. The maximum atomic E-state index is 13.9. The predicted octanol–water partition coefficient (Wildman–Crippen LogP) is 3.24. The fourth-order valence-corrected chi connectivity index (χ4v) is 5.69. The Balaban J connectivity index is 1.36. The van der Waals surface area contributed by atoms with Crippen LogP contribution in [0.3, 0.4) is 0 Å². The third kappa shape index (κ3) is 4.22. The third-order valence-corrected chi connectivity index (χ3v) is 7.82. The molecule has 0 saturated carbocycles. The number of nitrogens with zero attached hydrogens (tertiary/aromatic N) is 4. The molecule has 5 heterocycles. The largest absolute Gasteiger partial charge is 0.361 e. The lowest BCUT2D eigenvalue weighted by atomic mass is 9.75. The van der Waals surface area contributed by atoms with Crippen molar-refractivity contribution in [3.63, 3.8) is 0 Å². The van der Waals surface area contributed by atoms with E-state index >= 15 is 0 Å². The highest BCUT2D eigenvalue weighted by Crippen LogP contribution is 2.41. The second kappa shape index (κ2) is 9.61. The summed E-state index contributed by atoms with van der Waals surface area (Å²) in [5.74, 6) is 0.0113. The summed E-state index contributed by atoms with van der Waals surface area (Å²) in [5, 5.41) is 8.90. The minimum atomic E-state index is -1.24. The van der Waals surface area contributed by atoms with Crippen molar-refractivity contribution in [3.05, 3.63) is 70.0 Å². The summed E-state index contributed by atoms with van der Waals surface area (Å²) in [6.07, 6.45) is 4.01. The highest BCUT2D eigenvalue weighted by Gasteiger charge is 2.58. The van der Waals surface area contributed by atoms with E-state index in [4.69, 9.17) is 4.52 Å². The average molecular weight is 494 g/mol. The van der Waals surface area contributed by atoms with E-state index in [2.05, 4.69) is 15.5 Å². The number of hydrogen-bond acceptors (Lipinski definition) is 7. The van der Waals surface area contributed by atoms with Crippen molar-refractivity contribution in [2.75, 3.05) is 19.6 Å². The summed E-state index contributed by atoms with van der Waals surface area (Å²) in [6.45, 7) is 3.15. The standard InChI is InChI=1S/C25H27N5O4S/c1-2-18-16-20(28-34-18)22(31)29-12-8-17(9-13-29)25(21-7-3-4-11-26-21)23(32)30(24(33)27-25)14-10-19-6-5-15-35-19/h3-7,11,15-17H,2,8-10,12-14H2,1H3,(H,27,33)/t25-/m0/s1. The minimum absolute atomic E-state index is 0.182. The highest BCUT2D eigenvalue weighted by molar-refractivity contribution is 7.09. The number of carbonyl (C=O) groups is 3. The predicted molar refractivity (Wildman–Crippen MR) is 129 cm³/mol. The van der Waals surface area contributed by atoms with Crippen molar-refractivity contribution < 1.29 is 18.9 Å². The number of hydrogen-bond donors (Lipinski definition) is 1. The number of pyridine rings is 1.